The van der Waals surface area contributed by atoms with Gasteiger partial charge in [0.05, 0.1) is 10.9 Å². The van der Waals surface area contributed by atoms with Gasteiger partial charge in [-0.05, 0) is 51.3 Å². The van der Waals surface area contributed by atoms with E-state index in [2.05, 4.69) is 26.0 Å². The van der Waals surface area contributed by atoms with Crippen LogP contribution in [0.5, 0.6) is 0 Å². The van der Waals surface area contributed by atoms with Crippen LogP contribution in [0, 0.1) is 6.92 Å². The minimum Gasteiger partial charge on any atom is -0.207 e. The summed E-state index contributed by atoms with van der Waals surface area (Å²) in [6, 6.07) is 17.1. The first kappa shape index (κ1) is 17.9. The van der Waals surface area contributed by atoms with Crippen LogP contribution in [0.1, 0.15) is 31.4 Å². The molecule has 0 aromatic heterocycles. The molecule has 2 aromatic rings. The standard InChI is InChI=1S/C21H25NO2S/c1-16-9-11-20(12-10-16)25(23,24)22-14-13-17(2)18(3)21(22)15-19-7-5-4-6-8-19/h4-12,21H,13-15H2,1-3H3. The van der Waals surface area contributed by atoms with Crippen molar-refractivity contribution in [3.8, 4) is 0 Å². The Balaban J connectivity index is 1.99. The van der Waals surface area contributed by atoms with Gasteiger partial charge in [-0.25, -0.2) is 8.42 Å². The van der Waals surface area contributed by atoms with Crippen molar-refractivity contribution in [3.63, 3.8) is 0 Å². The molecule has 0 bridgehead atoms. The van der Waals surface area contributed by atoms with Crippen LogP contribution in [0.2, 0.25) is 0 Å². The summed E-state index contributed by atoms with van der Waals surface area (Å²) in [5.74, 6) is 0. The third-order valence-corrected chi connectivity index (χ3v) is 7.05. The summed E-state index contributed by atoms with van der Waals surface area (Å²) in [6.07, 6.45) is 1.50. The topological polar surface area (TPSA) is 37.4 Å². The van der Waals surface area contributed by atoms with E-state index in [9.17, 15) is 8.42 Å². The smallest absolute Gasteiger partial charge is 0.207 e. The second kappa shape index (κ2) is 7.14. The molecule has 0 N–H and O–H groups in total. The minimum absolute atomic E-state index is 0.123. The van der Waals surface area contributed by atoms with Crippen LogP contribution in [-0.2, 0) is 16.4 Å². The van der Waals surface area contributed by atoms with E-state index in [0.717, 1.165) is 17.5 Å². The third kappa shape index (κ3) is 3.70. The Morgan fingerprint density at radius 3 is 2.24 bits per heavy atom. The molecule has 0 saturated heterocycles. The number of rotatable bonds is 4. The zero-order valence-electron chi connectivity index (χ0n) is 15.1. The van der Waals surface area contributed by atoms with Crippen LogP contribution in [0.25, 0.3) is 0 Å². The fraction of sp³-hybridized carbons (Fsp3) is 0.333. The summed E-state index contributed by atoms with van der Waals surface area (Å²) in [5, 5.41) is 0. The molecular weight excluding hydrogens is 330 g/mol. The van der Waals surface area contributed by atoms with Crippen molar-refractivity contribution in [1.29, 1.82) is 0 Å². The molecule has 1 unspecified atom stereocenters. The average molecular weight is 356 g/mol. The van der Waals surface area contributed by atoms with Gasteiger partial charge in [0.15, 0.2) is 0 Å². The Morgan fingerprint density at radius 1 is 0.960 bits per heavy atom. The van der Waals surface area contributed by atoms with Gasteiger partial charge < -0.3 is 0 Å². The lowest BCUT2D eigenvalue weighted by Crippen LogP contribution is -2.45. The zero-order chi connectivity index (χ0) is 18.0. The predicted molar refractivity (Wildman–Crippen MR) is 102 cm³/mol. The number of sulfonamides is 1. The first-order valence-corrected chi connectivity index (χ1v) is 10.1. The molecular formula is C21H25NO2S. The number of benzene rings is 2. The van der Waals surface area contributed by atoms with Crippen molar-refractivity contribution < 1.29 is 8.42 Å². The molecule has 25 heavy (non-hydrogen) atoms. The van der Waals surface area contributed by atoms with E-state index in [1.807, 2.05) is 37.3 Å². The molecule has 132 valence electrons. The summed E-state index contributed by atoms with van der Waals surface area (Å²) in [4.78, 5) is 0.378. The summed E-state index contributed by atoms with van der Waals surface area (Å²) >= 11 is 0. The molecule has 1 atom stereocenters. The number of aryl methyl sites for hydroxylation is 1. The molecule has 1 heterocycles. The highest BCUT2D eigenvalue weighted by molar-refractivity contribution is 7.89. The maximum Gasteiger partial charge on any atom is 0.243 e. The van der Waals surface area contributed by atoms with E-state index in [1.54, 1.807) is 16.4 Å². The highest BCUT2D eigenvalue weighted by Gasteiger charge is 2.35. The SMILES string of the molecule is CC1=C(C)C(Cc2ccccc2)N(S(=O)(=O)c2ccc(C)cc2)CC1. The van der Waals surface area contributed by atoms with Crippen molar-refractivity contribution in [2.45, 2.75) is 44.6 Å². The van der Waals surface area contributed by atoms with Crippen LogP contribution < -0.4 is 0 Å². The van der Waals surface area contributed by atoms with Crippen LogP contribution in [0.4, 0.5) is 0 Å². The minimum atomic E-state index is -3.51. The molecule has 1 aliphatic heterocycles. The Bertz CT molecular complexity index is 868. The predicted octanol–water partition coefficient (Wildman–Crippen LogP) is 4.34. The maximum atomic E-state index is 13.3. The van der Waals surface area contributed by atoms with Gasteiger partial charge in [-0.2, -0.15) is 4.31 Å². The lowest BCUT2D eigenvalue weighted by Gasteiger charge is -2.36. The van der Waals surface area contributed by atoms with Gasteiger partial charge in [0.25, 0.3) is 0 Å². The van der Waals surface area contributed by atoms with Crippen molar-refractivity contribution in [2.24, 2.45) is 0 Å². The number of hydrogen-bond acceptors (Lipinski definition) is 2. The molecule has 0 fully saturated rings. The second-order valence-electron chi connectivity index (χ2n) is 6.85. The van der Waals surface area contributed by atoms with Gasteiger partial charge >= 0.3 is 0 Å². The van der Waals surface area contributed by atoms with Crippen molar-refractivity contribution in [1.82, 2.24) is 4.31 Å². The van der Waals surface area contributed by atoms with Gasteiger partial charge in [-0.3, -0.25) is 0 Å². The van der Waals surface area contributed by atoms with Crippen LogP contribution >= 0.6 is 0 Å². The Morgan fingerprint density at radius 2 is 1.60 bits per heavy atom. The Kier molecular flexibility index (Phi) is 5.11. The first-order valence-electron chi connectivity index (χ1n) is 8.68. The van der Waals surface area contributed by atoms with E-state index >= 15 is 0 Å². The molecule has 0 amide bonds. The lowest BCUT2D eigenvalue weighted by atomic mass is 9.92. The lowest BCUT2D eigenvalue weighted by molar-refractivity contribution is 0.331. The molecule has 1 aliphatic rings. The molecule has 3 nitrogen and oxygen atoms in total. The summed E-state index contributed by atoms with van der Waals surface area (Å²) in [6.45, 7) is 6.69. The largest absolute Gasteiger partial charge is 0.243 e. The normalized spacial score (nSPS) is 19.2. The zero-order valence-corrected chi connectivity index (χ0v) is 15.9. The summed E-state index contributed by atoms with van der Waals surface area (Å²) in [5.41, 5.74) is 4.69. The van der Waals surface area contributed by atoms with Crippen molar-refractivity contribution in [2.75, 3.05) is 6.54 Å². The van der Waals surface area contributed by atoms with Gasteiger partial charge in [0.2, 0.25) is 10.0 Å². The molecule has 4 heteroatoms. The van der Waals surface area contributed by atoms with E-state index in [-0.39, 0.29) is 6.04 Å². The third-order valence-electron chi connectivity index (χ3n) is 5.13. The van der Waals surface area contributed by atoms with Gasteiger partial charge in [0, 0.05) is 6.54 Å². The number of hydrogen-bond donors (Lipinski definition) is 0. The van der Waals surface area contributed by atoms with E-state index in [1.165, 1.54) is 11.1 Å². The average Bonchev–Trinajstić information content (AvgIpc) is 2.60. The van der Waals surface area contributed by atoms with Gasteiger partial charge in [-0.15, -0.1) is 0 Å². The fourth-order valence-electron chi connectivity index (χ4n) is 3.36. The van der Waals surface area contributed by atoms with Gasteiger partial charge in [-0.1, -0.05) is 59.2 Å². The highest BCUT2D eigenvalue weighted by Crippen LogP contribution is 2.31. The second-order valence-corrected chi connectivity index (χ2v) is 8.74. The summed E-state index contributed by atoms with van der Waals surface area (Å²) in [7, 11) is -3.51. The summed E-state index contributed by atoms with van der Waals surface area (Å²) < 4.78 is 28.2. The van der Waals surface area contributed by atoms with Gasteiger partial charge in [0.1, 0.15) is 0 Å². The Hall–Kier alpha value is -1.91. The van der Waals surface area contributed by atoms with Crippen LogP contribution in [-0.4, -0.2) is 25.3 Å². The van der Waals surface area contributed by atoms with Crippen molar-refractivity contribution >= 4 is 10.0 Å². The molecule has 2 aromatic carbocycles. The first-order chi connectivity index (χ1) is 11.9. The van der Waals surface area contributed by atoms with E-state index in [0.29, 0.717) is 17.9 Å². The molecule has 0 saturated carbocycles. The van der Waals surface area contributed by atoms with E-state index < -0.39 is 10.0 Å². The monoisotopic (exact) mass is 355 g/mol. The maximum absolute atomic E-state index is 13.3. The molecule has 0 radical (unpaired) electrons. The molecule has 0 spiro atoms. The highest BCUT2D eigenvalue weighted by atomic mass is 32.2. The quantitative estimate of drug-likeness (QED) is 0.765. The fourth-order valence-corrected chi connectivity index (χ4v) is 5.01. The Labute approximate surface area is 151 Å². The molecule has 0 aliphatic carbocycles. The number of nitrogens with zero attached hydrogens (tertiary/aromatic N) is 1. The van der Waals surface area contributed by atoms with E-state index in [4.69, 9.17) is 0 Å². The molecule has 3 rings (SSSR count). The van der Waals surface area contributed by atoms with Crippen LogP contribution in [0.15, 0.2) is 70.6 Å². The van der Waals surface area contributed by atoms with Crippen LogP contribution in [0.3, 0.4) is 0 Å². The van der Waals surface area contributed by atoms with Crippen molar-refractivity contribution in [3.05, 3.63) is 76.9 Å².